The van der Waals surface area contributed by atoms with Gasteiger partial charge in [-0.2, -0.15) is 5.10 Å². The number of carbonyl (C=O) groups excluding carboxylic acids is 3. The fourth-order valence-corrected chi connectivity index (χ4v) is 4.81. The van der Waals surface area contributed by atoms with Crippen molar-refractivity contribution < 1.29 is 42.5 Å². The predicted molar refractivity (Wildman–Crippen MR) is 150 cm³/mol. The summed E-state index contributed by atoms with van der Waals surface area (Å²) >= 11 is 0. The third-order valence-electron chi connectivity index (χ3n) is 7.36. The number of nitrogen functional groups attached to an aromatic ring is 1. The van der Waals surface area contributed by atoms with Gasteiger partial charge in [-0.25, -0.2) is 13.9 Å². The first-order valence-corrected chi connectivity index (χ1v) is 14.4. The number of nitrogens with two attached hydrogens (primary N) is 1. The first-order chi connectivity index (χ1) is 20.3. The van der Waals surface area contributed by atoms with E-state index in [0.717, 1.165) is 13.0 Å². The SMILES string of the molecule is CC(C)C(=O)O[C@H]1[C@H](c2ccc3c(N)ncnn23)O[C@](F)(COCN[C@@H](C)C(=O)O[C@@H]2CCN(C)C2)[C@H]1OC(=O)C(C)C. The van der Waals surface area contributed by atoms with Crippen LogP contribution in [-0.2, 0) is 38.1 Å². The number of esters is 3. The Kier molecular flexibility index (Phi) is 10.2. The number of ether oxygens (including phenoxy) is 5. The Morgan fingerprint density at radius 2 is 1.81 bits per heavy atom. The molecule has 0 aromatic carbocycles. The fraction of sp³-hybridized carbons (Fsp3) is 0.679. The van der Waals surface area contributed by atoms with Crippen molar-refractivity contribution in [3.8, 4) is 0 Å². The van der Waals surface area contributed by atoms with Crippen LogP contribution in [0.15, 0.2) is 18.5 Å². The van der Waals surface area contributed by atoms with Gasteiger partial charge in [-0.15, -0.1) is 0 Å². The Morgan fingerprint density at radius 3 is 2.47 bits per heavy atom. The Balaban J connectivity index is 1.53. The van der Waals surface area contributed by atoms with Gasteiger partial charge in [0.15, 0.2) is 11.9 Å². The third kappa shape index (κ3) is 7.40. The molecule has 0 amide bonds. The summed E-state index contributed by atoms with van der Waals surface area (Å²) in [7, 11) is 1.95. The van der Waals surface area contributed by atoms with E-state index in [4.69, 9.17) is 29.4 Å². The summed E-state index contributed by atoms with van der Waals surface area (Å²) in [5.41, 5.74) is 6.70. The predicted octanol–water partition coefficient (Wildman–Crippen LogP) is 1.38. The van der Waals surface area contributed by atoms with E-state index in [0.29, 0.717) is 17.8 Å². The van der Waals surface area contributed by atoms with E-state index in [9.17, 15) is 14.4 Å². The average Bonchev–Trinajstić information content (AvgIpc) is 3.63. The molecule has 14 nitrogen and oxygen atoms in total. The van der Waals surface area contributed by atoms with Crippen LogP contribution >= 0.6 is 0 Å². The number of anilines is 1. The summed E-state index contributed by atoms with van der Waals surface area (Å²) in [4.78, 5) is 44.0. The number of hydrogen-bond donors (Lipinski definition) is 2. The molecule has 0 bridgehead atoms. The lowest BCUT2D eigenvalue weighted by Crippen LogP contribution is -2.49. The summed E-state index contributed by atoms with van der Waals surface area (Å²) in [6, 6.07) is 2.48. The van der Waals surface area contributed by atoms with Gasteiger partial charge >= 0.3 is 17.9 Å². The maximum absolute atomic E-state index is 16.8. The van der Waals surface area contributed by atoms with E-state index in [1.165, 1.54) is 10.8 Å². The number of likely N-dealkylation sites (tertiary alicyclic amines) is 1. The minimum absolute atomic E-state index is 0.172. The Labute approximate surface area is 249 Å². The van der Waals surface area contributed by atoms with Crippen molar-refractivity contribution in [1.29, 1.82) is 0 Å². The normalized spacial score (nSPS) is 26.7. The van der Waals surface area contributed by atoms with Crippen molar-refractivity contribution >= 4 is 29.2 Å². The number of nitrogens with zero attached hydrogens (tertiary/aromatic N) is 4. The molecule has 2 aromatic rings. The van der Waals surface area contributed by atoms with Gasteiger partial charge < -0.3 is 34.3 Å². The van der Waals surface area contributed by atoms with Crippen LogP contribution in [0.5, 0.6) is 0 Å². The number of carbonyl (C=O) groups is 3. The number of rotatable bonds is 12. The molecule has 15 heteroatoms. The van der Waals surface area contributed by atoms with Gasteiger partial charge in [0.05, 0.1) is 24.3 Å². The molecule has 6 atom stereocenters. The van der Waals surface area contributed by atoms with E-state index in [1.807, 2.05) is 7.05 Å². The Morgan fingerprint density at radius 1 is 1.12 bits per heavy atom. The third-order valence-corrected chi connectivity index (χ3v) is 7.36. The second-order valence-corrected chi connectivity index (χ2v) is 11.6. The Bertz CT molecular complexity index is 1310. The molecule has 2 aliphatic rings. The van der Waals surface area contributed by atoms with Crippen LogP contribution in [0.1, 0.15) is 52.8 Å². The number of alkyl halides is 1. The van der Waals surface area contributed by atoms with Crippen LogP contribution in [-0.4, -0.2) is 101 Å². The molecule has 238 valence electrons. The van der Waals surface area contributed by atoms with Gasteiger partial charge in [-0.05, 0) is 32.5 Å². The highest BCUT2D eigenvalue weighted by molar-refractivity contribution is 5.75. The lowest BCUT2D eigenvalue weighted by Gasteiger charge is -2.28. The van der Waals surface area contributed by atoms with Crippen LogP contribution in [0.25, 0.3) is 5.52 Å². The standard InChI is InChI=1S/C28H41FN6O8/c1-15(2)25(36)41-22-21(19-7-8-20-24(30)31-13-33-35(19)20)43-28(29,23(22)42-26(37)16(3)4)12-39-14-32-17(5)27(38)40-18-9-10-34(6)11-18/h7-8,13,15-18,21-23,32H,9-12,14H2,1-6H3,(H2,30,31,33)/t17-,18+,21-,22-,23-,28+/m0/s1. The molecule has 4 heterocycles. The molecule has 2 saturated heterocycles. The largest absolute Gasteiger partial charge is 0.460 e. The number of hydrogen-bond acceptors (Lipinski definition) is 13. The minimum Gasteiger partial charge on any atom is -0.460 e. The monoisotopic (exact) mass is 608 g/mol. The quantitative estimate of drug-likeness (QED) is 0.154. The molecule has 0 saturated carbocycles. The van der Waals surface area contributed by atoms with Gasteiger partial charge in [0.1, 0.15) is 36.7 Å². The van der Waals surface area contributed by atoms with Crippen LogP contribution < -0.4 is 11.1 Å². The summed E-state index contributed by atoms with van der Waals surface area (Å²) in [6.07, 6.45) is -2.56. The van der Waals surface area contributed by atoms with Gasteiger partial charge in [-0.1, -0.05) is 27.7 Å². The highest BCUT2D eigenvalue weighted by Gasteiger charge is 2.62. The molecule has 2 aromatic heterocycles. The maximum atomic E-state index is 16.8. The number of likely N-dealkylation sites (N-methyl/N-ethyl adjacent to an activating group) is 1. The number of fused-ring (bicyclic) bond motifs is 1. The zero-order chi connectivity index (χ0) is 31.5. The first-order valence-electron chi connectivity index (χ1n) is 14.4. The molecule has 2 fully saturated rings. The van der Waals surface area contributed by atoms with Gasteiger partial charge in [0, 0.05) is 13.1 Å². The van der Waals surface area contributed by atoms with E-state index < -0.39 is 66.6 Å². The van der Waals surface area contributed by atoms with Crippen molar-refractivity contribution in [1.82, 2.24) is 24.8 Å². The van der Waals surface area contributed by atoms with E-state index in [-0.39, 0.29) is 18.7 Å². The smallest absolute Gasteiger partial charge is 0.323 e. The Hall–Kier alpha value is -3.40. The van der Waals surface area contributed by atoms with Crippen LogP contribution in [0.3, 0.4) is 0 Å². The number of halogens is 1. The second kappa shape index (κ2) is 13.5. The summed E-state index contributed by atoms with van der Waals surface area (Å²) < 4.78 is 46.5. The van der Waals surface area contributed by atoms with Gasteiger partial charge in [-0.3, -0.25) is 19.7 Å². The summed E-state index contributed by atoms with van der Waals surface area (Å²) in [5.74, 6) is -5.58. The highest BCUT2D eigenvalue weighted by Crippen LogP contribution is 2.45. The molecule has 0 spiro atoms. The van der Waals surface area contributed by atoms with Gasteiger partial charge in [0.25, 0.3) is 5.85 Å². The molecule has 0 aliphatic carbocycles. The van der Waals surface area contributed by atoms with E-state index >= 15 is 4.39 Å². The maximum Gasteiger partial charge on any atom is 0.323 e. The lowest BCUT2D eigenvalue weighted by molar-refractivity contribution is -0.221. The molecule has 3 N–H and O–H groups in total. The van der Waals surface area contributed by atoms with E-state index in [2.05, 4.69) is 20.3 Å². The van der Waals surface area contributed by atoms with Crippen LogP contribution in [0, 0.1) is 11.8 Å². The zero-order valence-electron chi connectivity index (χ0n) is 25.3. The first kappa shape index (κ1) is 32.5. The highest BCUT2D eigenvalue weighted by atomic mass is 19.2. The van der Waals surface area contributed by atoms with Crippen molar-refractivity contribution in [2.24, 2.45) is 11.8 Å². The van der Waals surface area contributed by atoms with Crippen LogP contribution in [0.2, 0.25) is 0 Å². The topological polar surface area (TPSA) is 169 Å². The van der Waals surface area contributed by atoms with Crippen molar-refractivity contribution in [2.45, 2.75) is 77.4 Å². The molecule has 0 unspecified atom stereocenters. The fourth-order valence-electron chi connectivity index (χ4n) is 4.81. The minimum atomic E-state index is -2.75. The second-order valence-electron chi connectivity index (χ2n) is 11.6. The molecule has 4 rings (SSSR count). The number of nitrogens with one attached hydrogen (secondary N) is 1. The molecule has 0 radical (unpaired) electrons. The lowest BCUT2D eigenvalue weighted by atomic mass is 10.0. The summed E-state index contributed by atoms with van der Waals surface area (Å²) in [5, 5.41) is 7.05. The average molecular weight is 609 g/mol. The van der Waals surface area contributed by atoms with Gasteiger partial charge in [0.2, 0.25) is 6.10 Å². The molecule has 2 aliphatic heterocycles. The van der Waals surface area contributed by atoms with Crippen LogP contribution in [0.4, 0.5) is 10.2 Å². The van der Waals surface area contributed by atoms with Crippen molar-refractivity contribution in [2.75, 3.05) is 39.2 Å². The molecule has 43 heavy (non-hydrogen) atoms. The van der Waals surface area contributed by atoms with E-state index in [1.54, 1.807) is 46.8 Å². The van der Waals surface area contributed by atoms with Crippen molar-refractivity contribution in [3.63, 3.8) is 0 Å². The molecular weight excluding hydrogens is 567 g/mol. The molecular formula is C28H41FN6O8. The number of aromatic nitrogens is 3. The zero-order valence-corrected chi connectivity index (χ0v) is 25.3. The summed E-state index contributed by atoms with van der Waals surface area (Å²) in [6.45, 7) is 8.57. The van der Waals surface area contributed by atoms with Crippen molar-refractivity contribution in [3.05, 3.63) is 24.2 Å².